The van der Waals surface area contributed by atoms with E-state index in [2.05, 4.69) is 0 Å². The quantitative estimate of drug-likeness (QED) is 0.852. The molecule has 0 aromatic heterocycles. The molecule has 0 saturated carbocycles. The summed E-state index contributed by atoms with van der Waals surface area (Å²) in [6.07, 6.45) is 1.29. The fourth-order valence-electron chi connectivity index (χ4n) is 2.17. The average Bonchev–Trinajstić information content (AvgIpc) is 2.71. The maximum Gasteiger partial charge on any atom is 0.223 e. The van der Waals surface area contributed by atoms with E-state index < -0.39 is 0 Å². The van der Waals surface area contributed by atoms with Crippen LogP contribution < -0.4 is 4.74 Å². The Morgan fingerprint density at radius 3 is 3.06 bits per heavy atom. The molecule has 1 unspecified atom stereocenters. The summed E-state index contributed by atoms with van der Waals surface area (Å²) in [7, 11) is 1.62. The lowest BCUT2D eigenvalue weighted by molar-refractivity contribution is -0.130. The first-order valence-corrected chi connectivity index (χ1v) is 5.78. The monoisotopic (exact) mass is 235 g/mol. The highest BCUT2D eigenvalue weighted by molar-refractivity contribution is 5.78. The molecule has 17 heavy (non-hydrogen) atoms. The Kier molecular flexibility index (Phi) is 3.64. The van der Waals surface area contributed by atoms with Gasteiger partial charge in [0, 0.05) is 13.0 Å². The zero-order valence-corrected chi connectivity index (χ0v) is 9.93. The van der Waals surface area contributed by atoms with Gasteiger partial charge in [-0.15, -0.1) is 0 Å². The van der Waals surface area contributed by atoms with Gasteiger partial charge in [-0.2, -0.15) is 0 Å². The van der Waals surface area contributed by atoms with Crippen LogP contribution in [0.5, 0.6) is 5.75 Å². The van der Waals surface area contributed by atoms with Crippen molar-refractivity contribution in [2.75, 3.05) is 13.7 Å². The Hall–Kier alpha value is -1.55. The first-order valence-electron chi connectivity index (χ1n) is 5.78. The van der Waals surface area contributed by atoms with E-state index in [4.69, 9.17) is 4.74 Å². The van der Waals surface area contributed by atoms with E-state index in [0.717, 1.165) is 17.7 Å². The molecule has 1 fully saturated rings. The van der Waals surface area contributed by atoms with Gasteiger partial charge in [0.05, 0.1) is 19.8 Å². The minimum absolute atomic E-state index is 0.0336. The summed E-state index contributed by atoms with van der Waals surface area (Å²) in [5, 5.41) is 9.21. The summed E-state index contributed by atoms with van der Waals surface area (Å²) in [5.41, 5.74) is 1.03. The van der Waals surface area contributed by atoms with E-state index in [1.54, 1.807) is 12.0 Å². The topological polar surface area (TPSA) is 49.8 Å². The molecule has 1 amide bonds. The van der Waals surface area contributed by atoms with E-state index in [1.807, 2.05) is 24.3 Å². The minimum atomic E-state index is -0.0336. The van der Waals surface area contributed by atoms with Crippen LogP contribution in [0.15, 0.2) is 24.3 Å². The Balaban J connectivity index is 2.11. The Morgan fingerprint density at radius 2 is 2.35 bits per heavy atom. The van der Waals surface area contributed by atoms with Crippen LogP contribution in [0.1, 0.15) is 18.4 Å². The Morgan fingerprint density at radius 1 is 1.53 bits per heavy atom. The van der Waals surface area contributed by atoms with Crippen molar-refractivity contribution in [1.82, 2.24) is 4.90 Å². The largest absolute Gasteiger partial charge is 0.497 e. The maximum absolute atomic E-state index is 11.7. The number of hydrogen-bond acceptors (Lipinski definition) is 3. The normalized spacial score (nSPS) is 19.8. The third-order valence-corrected chi connectivity index (χ3v) is 3.15. The molecular formula is C13H17NO3. The number of hydrogen-bond donors (Lipinski definition) is 1. The van der Waals surface area contributed by atoms with Crippen molar-refractivity contribution < 1.29 is 14.6 Å². The first-order chi connectivity index (χ1) is 8.24. The van der Waals surface area contributed by atoms with Crippen molar-refractivity contribution in [3.63, 3.8) is 0 Å². The fourth-order valence-corrected chi connectivity index (χ4v) is 2.17. The number of carbonyl (C=O) groups is 1. The molecule has 4 nitrogen and oxygen atoms in total. The number of methoxy groups -OCH3 is 1. The number of aliphatic hydroxyl groups is 1. The van der Waals surface area contributed by atoms with Crippen LogP contribution in [0, 0.1) is 0 Å². The molecule has 0 aliphatic carbocycles. The van der Waals surface area contributed by atoms with E-state index in [9.17, 15) is 9.90 Å². The van der Waals surface area contributed by atoms with E-state index in [-0.39, 0.29) is 18.6 Å². The number of nitrogens with zero attached hydrogens (tertiary/aromatic N) is 1. The van der Waals surface area contributed by atoms with Crippen LogP contribution >= 0.6 is 0 Å². The van der Waals surface area contributed by atoms with E-state index in [1.165, 1.54) is 0 Å². The van der Waals surface area contributed by atoms with Gasteiger partial charge in [-0.05, 0) is 24.1 Å². The van der Waals surface area contributed by atoms with Crippen molar-refractivity contribution in [3.8, 4) is 5.75 Å². The molecule has 1 aliphatic heterocycles. The summed E-state index contributed by atoms with van der Waals surface area (Å²) >= 11 is 0. The van der Waals surface area contributed by atoms with Gasteiger partial charge in [-0.1, -0.05) is 12.1 Å². The van der Waals surface area contributed by atoms with Crippen molar-refractivity contribution in [3.05, 3.63) is 29.8 Å². The second-order valence-electron chi connectivity index (χ2n) is 4.25. The van der Waals surface area contributed by atoms with Gasteiger partial charge in [-0.3, -0.25) is 4.79 Å². The van der Waals surface area contributed by atoms with Gasteiger partial charge in [0.15, 0.2) is 0 Å². The fraction of sp³-hybridized carbons (Fsp3) is 0.462. The SMILES string of the molecule is COc1cccc(CN2C(=O)CCC2CO)c1. The zero-order valence-electron chi connectivity index (χ0n) is 9.93. The summed E-state index contributed by atoms with van der Waals surface area (Å²) in [4.78, 5) is 13.4. The lowest BCUT2D eigenvalue weighted by Crippen LogP contribution is -2.34. The predicted octanol–water partition coefficient (Wildman–Crippen LogP) is 1.18. The first kappa shape index (κ1) is 11.9. The summed E-state index contributed by atoms with van der Waals surface area (Å²) in [6.45, 7) is 0.580. The molecule has 92 valence electrons. The molecular weight excluding hydrogens is 218 g/mol. The molecule has 4 heteroatoms. The van der Waals surface area contributed by atoms with Crippen molar-refractivity contribution >= 4 is 5.91 Å². The summed E-state index contributed by atoms with van der Waals surface area (Å²) < 4.78 is 5.15. The van der Waals surface area contributed by atoms with Gasteiger partial charge in [0.25, 0.3) is 0 Å². The van der Waals surface area contributed by atoms with Crippen LogP contribution in [-0.2, 0) is 11.3 Å². The standard InChI is InChI=1S/C13H17NO3/c1-17-12-4-2-3-10(7-12)8-14-11(9-15)5-6-13(14)16/h2-4,7,11,15H,5-6,8-9H2,1H3. The highest BCUT2D eigenvalue weighted by Crippen LogP contribution is 2.22. The molecule has 1 aromatic rings. The second kappa shape index (κ2) is 5.19. The molecule has 1 saturated heterocycles. The number of aliphatic hydroxyl groups excluding tert-OH is 1. The van der Waals surface area contributed by atoms with Crippen molar-refractivity contribution in [2.45, 2.75) is 25.4 Å². The molecule has 0 radical (unpaired) electrons. The van der Waals surface area contributed by atoms with Crippen LogP contribution in [-0.4, -0.2) is 35.7 Å². The second-order valence-corrected chi connectivity index (χ2v) is 4.25. The molecule has 0 bridgehead atoms. The molecule has 1 heterocycles. The van der Waals surface area contributed by atoms with Gasteiger partial charge in [0.2, 0.25) is 5.91 Å². The van der Waals surface area contributed by atoms with Crippen molar-refractivity contribution in [1.29, 1.82) is 0 Å². The summed E-state index contributed by atoms with van der Waals surface area (Å²) in [5.74, 6) is 0.904. The third-order valence-electron chi connectivity index (χ3n) is 3.15. The Bertz CT molecular complexity index is 405. The van der Waals surface area contributed by atoms with Crippen LogP contribution in [0.25, 0.3) is 0 Å². The number of rotatable bonds is 4. The highest BCUT2D eigenvalue weighted by Gasteiger charge is 2.30. The lowest BCUT2D eigenvalue weighted by atomic mass is 10.2. The minimum Gasteiger partial charge on any atom is -0.497 e. The molecule has 0 spiro atoms. The van der Waals surface area contributed by atoms with Crippen LogP contribution in [0.2, 0.25) is 0 Å². The smallest absolute Gasteiger partial charge is 0.223 e. The number of benzene rings is 1. The maximum atomic E-state index is 11.7. The van der Waals surface area contributed by atoms with Gasteiger partial charge in [0.1, 0.15) is 5.75 Å². The number of ether oxygens (including phenoxy) is 1. The zero-order chi connectivity index (χ0) is 12.3. The summed E-state index contributed by atoms with van der Waals surface area (Å²) in [6, 6.07) is 7.62. The molecule has 1 atom stereocenters. The Labute approximate surface area is 101 Å². The molecule has 2 rings (SSSR count). The van der Waals surface area contributed by atoms with Gasteiger partial charge in [-0.25, -0.2) is 0 Å². The molecule has 1 aromatic carbocycles. The van der Waals surface area contributed by atoms with E-state index >= 15 is 0 Å². The number of amides is 1. The van der Waals surface area contributed by atoms with Crippen LogP contribution in [0.3, 0.4) is 0 Å². The number of carbonyl (C=O) groups excluding carboxylic acids is 1. The molecule has 1 aliphatic rings. The van der Waals surface area contributed by atoms with E-state index in [0.29, 0.717) is 13.0 Å². The lowest BCUT2D eigenvalue weighted by Gasteiger charge is -2.23. The number of likely N-dealkylation sites (tertiary alicyclic amines) is 1. The average molecular weight is 235 g/mol. The highest BCUT2D eigenvalue weighted by atomic mass is 16.5. The predicted molar refractivity (Wildman–Crippen MR) is 63.7 cm³/mol. The molecule has 1 N–H and O–H groups in total. The van der Waals surface area contributed by atoms with Gasteiger partial charge >= 0.3 is 0 Å². The third kappa shape index (κ3) is 2.58. The van der Waals surface area contributed by atoms with Crippen LogP contribution in [0.4, 0.5) is 0 Å². The van der Waals surface area contributed by atoms with Crippen molar-refractivity contribution in [2.24, 2.45) is 0 Å². The van der Waals surface area contributed by atoms with Gasteiger partial charge < -0.3 is 14.7 Å².